The van der Waals surface area contributed by atoms with E-state index in [4.69, 9.17) is 9.26 Å². The van der Waals surface area contributed by atoms with Gasteiger partial charge >= 0.3 is 0 Å². The van der Waals surface area contributed by atoms with Gasteiger partial charge in [0.05, 0.1) is 11.7 Å². The topological polar surface area (TPSA) is 64.4 Å². The lowest BCUT2D eigenvalue weighted by molar-refractivity contribution is -0.119. The van der Waals surface area contributed by atoms with Crippen molar-refractivity contribution >= 4 is 5.91 Å². The summed E-state index contributed by atoms with van der Waals surface area (Å²) in [5.41, 5.74) is 1.95. The van der Waals surface area contributed by atoms with Crippen LogP contribution in [0.25, 0.3) is 11.1 Å². The third kappa shape index (κ3) is 4.20. The van der Waals surface area contributed by atoms with E-state index in [-0.39, 0.29) is 29.7 Å². The predicted molar refractivity (Wildman–Crippen MR) is 107 cm³/mol. The number of benzene rings is 2. The fourth-order valence-corrected chi connectivity index (χ4v) is 3.62. The van der Waals surface area contributed by atoms with Gasteiger partial charge in [-0.05, 0) is 43.0 Å². The minimum absolute atomic E-state index is 0.0896. The molecule has 1 aliphatic rings. The summed E-state index contributed by atoms with van der Waals surface area (Å²) >= 11 is 0. The van der Waals surface area contributed by atoms with Crippen LogP contribution in [0.4, 0.5) is 8.78 Å². The normalized spacial score (nSPS) is 19.1. The van der Waals surface area contributed by atoms with E-state index in [0.29, 0.717) is 24.2 Å². The molecule has 1 atom stereocenters. The van der Waals surface area contributed by atoms with E-state index in [1.54, 1.807) is 18.2 Å². The van der Waals surface area contributed by atoms with Crippen molar-refractivity contribution in [3.63, 3.8) is 0 Å². The standard InChI is InChI=1S/C23H22F2N2O3/c1-13(26-14(2)28)22-12-21(27-30-22)17-8-18(9-17)29-23-19(24)10-16(11-20(23)25)15-6-4-3-5-7-15/h3-7,10-13,17-18H,8-9H2,1-2H3,(H,26,28)/t13-,17?,18?/m0/s1. The van der Waals surface area contributed by atoms with Gasteiger partial charge < -0.3 is 14.6 Å². The molecule has 0 unspecified atom stereocenters. The largest absolute Gasteiger partial charge is 0.484 e. The van der Waals surface area contributed by atoms with Crippen molar-refractivity contribution in [2.24, 2.45) is 0 Å². The Bertz CT molecular complexity index is 1020. The van der Waals surface area contributed by atoms with Crippen LogP contribution in [-0.4, -0.2) is 17.2 Å². The monoisotopic (exact) mass is 412 g/mol. The molecule has 0 aliphatic heterocycles. The van der Waals surface area contributed by atoms with E-state index in [9.17, 15) is 13.6 Å². The van der Waals surface area contributed by atoms with Gasteiger partial charge in [-0.1, -0.05) is 35.5 Å². The Balaban J connectivity index is 1.38. The van der Waals surface area contributed by atoms with Gasteiger partial charge in [0, 0.05) is 18.9 Å². The minimum Gasteiger partial charge on any atom is -0.484 e. The summed E-state index contributed by atoms with van der Waals surface area (Å²) in [5.74, 6) is -1.28. The molecule has 1 heterocycles. The highest BCUT2D eigenvalue weighted by molar-refractivity contribution is 5.73. The second-order valence-corrected chi connectivity index (χ2v) is 7.62. The molecule has 5 nitrogen and oxygen atoms in total. The summed E-state index contributed by atoms with van der Waals surface area (Å²) in [6.07, 6.45) is 0.870. The van der Waals surface area contributed by atoms with Crippen molar-refractivity contribution in [3.8, 4) is 16.9 Å². The lowest BCUT2D eigenvalue weighted by Gasteiger charge is -2.34. The third-order valence-corrected chi connectivity index (χ3v) is 5.30. The smallest absolute Gasteiger partial charge is 0.217 e. The third-order valence-electron chi connectivity index (χ3n) is 5.30. The highest BCUT2D eigenvalue weighted by atomic mass is 19.1. The highest BCUT2D eigenvalue weighted by Crippen LogP contribution is 2.40. The van der Waals surface area contributed by atoms with Gasteiger partial charge in [0.15, 0.2) is 23.1 Å². The molecule has 30 heavy (non-hydrogen) atoms. The molecule has 0 radical (unpaired) electrons. The van der Waals surface area contributed by atoms with E-state index in [1.165, 1.54) is 19.1 Å². The Kier molecular flexibility index (Phi) is 5.53. The molecule has 1 aromatic heterocycles. The number of carbonyl (C=O) groups excluding carboxylic acids is 1. The van der Waals surface area contributed by atoms with Crippen molar-refractivity contribution in [2.75, 3.05) is 0 Å². The van der Waals surface area contributed by atoms with Crippen LogP contribution in [0.15, 0.2) is 53.1 Å². The molecular formula is C23H22F2N2O3. The molecule has 0 spiro atoms. The minimum atomic E-state index is -0.717. The molecule has 3 aromatic rings. The summed E-state index contributed by atoms with van der Waals surface area (Å²) in [7, 11) is 0. The van der Waals surface area contributed by atoms with E-state index in [0.717, 1.165) is 11.3 Å². The average Bonchev–Trinajstić information content (AvgIpc) is 3.15. The van der Waals surface area contributed by atoms with Gasteiger partial charge in [-0.15, -0.1) is 0 Å². The second-order valence-electron chi connectivity index (χ2n) is 7.62. The molecule has 0 bridgehead atoms. The number of halogens is 2. The number of amides is 1. The van der Waals surface area contributed by atoms with Crippen molar-refractivity contribution in [3.05, 3.63) is 71.6 Å². The number of nitrogens with zero attached hydrogens (tertiary/aromatic N) is 1. The van der Waals surface area contributed by atoms with Gasteiger partial charge in [-0.3, -0.25) is 4.79 Å². The molecular weight excluding hydrogens is 390 g/mol. The molecule has 156 valence electrons. The van der Waals surface area contributed by atoms with Crippen LogP contribution in [-0.2, 0) is 4.79 Å². The van der Waals surface area contributed by atoms with E-state index < -0.39 is 11.6 Å². The maximum Gasteiger partial charge on any atom is 0.217 e. The number of carbonyl (C=O) groups is 1. The molecule has 0 saturated heterocycles. The maximum atomic E-state index is 14.5. The molecule has 2 aromatic carbocycles. The van der Waals surface area contributed by atoms with E-state index in [2.05, 4.69) is 10.5 Å². The zero-order valence-corrected chi connectivity index (χ0v) is 16.7. The fourth-order valence-electron chi connectivity index (χ4n) is 3.62. The van der Waals surface area contributed by atoms with Crippen LogP contribution in [0.1, 0.15) is 50.1 Å². The molecule has 7 heteroatoms. The molecule has 1 N–H and O–H groups in total. The van der Waals surface area contributed by atoms with E-state index in [1.807, 2.05) is 25.1 Å². The number of aromatic nitrogens is 1. The average molecular weight is 412 g/mol. The number of nitrogens with one attached hydrogen (secondary N) is 1. The van der Waals surface area contributed by atoms with Gasteiger partial charge in [0.2, 0.25) is 5.91 Å². The van der Waals surface area contributed by atoms with Crippen molar-refractivity contribution in [2.45, 2.75) is 44.8 Å². The number of hydrogen-bond donors (Lipinski definition) is 1. The number of ether oxygens (including phenoxy) is 1. The van der Waals surface area contributed by atoms with Crippen LogP contribution in [0.5, 0.6) is 5.75 Å². The first-order valence-corrected chi connectivity index (χ1v) is 9.85. The van der Waals surface area contributed by atoms with Crippen LogP contribution in [0.2, 0.25) is 0 Å². The zero-order chi connectivity index (χ0) is 21.3. The zero-order valence-electron chi connectivity index (χ0n) is 16.7. The Hall–Kier alpha value is -3.22. The van der Waals surface area contributed by atoms with Crippen molar-refractivity contribution in [1.29, 1.82) is 0 Å². The van der Waals surface area contributed by atoms with Gasteiger partial charge in [-0.2, -0.15) is 0 Å². The first kappa shape index (κ1) is 20.1. The van der Waals surface area contributed by atoms with Crippen molar-refractivity contribution in [1.82, 2.24) is 10.5 Å². The Morgan fingerprint density at radius 3 is 2.43 bits per heavy atom. The predicted octanol–water partition coefficient (Wildman–Crippen LogP) is 5.14. The fraction of sp³-hybridized carbons (Fsp3) is 0.304. The van der Waals surface area contributed by atoms with Crippen LogP contribution in [0, 0.1) is 11.6 Å². The Morgan fingerprint density at radius 2 is 1.80 bits per heavy atom. The Morgan fingerprint density at radius 1 is 1.13 bits per heavy atom. The lowest BCUT2D eigenvalue weighted by Crippen LogP contribution is -2.33. The van der Waals surface area contributed by atoms with Gasteiger partial charge in [0.1, 0.15) is 6.10 Å². The van der Waals surface area contributed by atoms with Crippen LogP contribution in [0.3, 0.4) is 0 Å². The molecule has 1 amide bonds. The molecule has 1 fully saturated rings. The second kappa shape index (κ2) is 8.26. The Labute approximate surface area is 173 Å². The highest BCUT2D eigenvalue weighted by Gasteiger charge is 2.35. The quantitative estimate of drug-likeness (QED) is 0.609. The summed E-state index contributed by atoms with van der Waals surface area (Å²) in [6, 6.07) is 13.2. The number of hydrogen-bond acceptors (Lipinski definition) is 4. The van der Waals surface area contributed by atoms with Crippen LogP contribution < -0.4 is 10.1 Å². The lowest BCUT2D eigenvalue weighted by atomic mass is 9.80. The maximum absolute atomic E-state index is 14.5. The summed E-state index contributed by atoms with van der Waals surface area (Å²) in [6.45, 7) is 3.25. The molecule has 1 aliphatic carbocycles. The molecule has 1 saturated carbocycles. The van der Waals surface area contributed by atoms with Crippen molar-refractivity contribution < 1.29 is 22.8 Å². The van der Waals surface area contributed by atoms with E-state index >= 15 is 0 Å². The SMILES string of the molecule is CC(=O)N[C@@H](C)c1cc(C2CC(Oc3c(F)cc(-c4ccccc4)cc3F)C2)no1. The summed E-state index contributed by atoms with van der Waals surface area (Å²) < 4.78 is 39.9. The molecule has 4 rings (SSSR count). The first-order valence-electron chi connectivity index (χ1n) is 9.85. The van der Waals surface area contributed by atoms with Gasteiger partial charge in [-0.25, -0.2) is 8.78 Å². The van der Waals surface area contributed by atoms with Gasteiger partial charge in [0.25, 0.3) is 0 Å². The summed E-state index contributed by atoms with van der Waals surface area (Å²) in [4.78, 5) is 11.2. The van der Waals surface area contributed by atoms with Crippen LogP contribution >= 0.6 is 0 Å². The first-order chi connectivity index (χ1) is 14.4. The summed E-state index contributed by atoms with van der Waals surface area (Å²) in [5, 5.41) is 6.80. The number of rotatable bonds is 6.